The molecule has 0 radical (unpaired) electrons. The Balaban J connectivity index is 2.14. The van der Waals surface area contributed by atoms with E-state index in [2.05, 4.69) is 5.32 Å². The van der Waals surface area contributed by atoms with Crippen molar-refractivity contribution in [3.8, 4) is 0 Å². The maximum atomic E-state index is 11.4. The van der Waals surface area contributed by atoms with Gasteiger partial charge in [0.1, 0.15) is 6.10 Å². The molecule has 3 N–H and O–H groups in total. The van der Waals surface area contributed by atoms with E-state index in [0.29, 0.717) is 11.3 Å². The van der Waals surface area contributed by atoms with Crippen molar-refractivity contribution in [1.29, 1.82) is 0 Å². The van der Waals surface area contributed by atoms with Gasteiger partial charge in [0.25, 0.3) is 0 Å². The monoisotopic (exact) mass is 279 g/mol. The molecule has 6 heteroatoms. The van der Waals surface area contributed by atoms with Crippen molar-refractivity contribution in [2.24, 2.45) is 0 Å². The maximum absolute atomic E-state index is 11.4. The summed E-state index contributed by atoms with van der Waals surface area (Å²) in [6.07, 6.45) is -2.58. The number of rotatable bonds is 5. The van der Waals surface area contributed by atoms with Gasteiger partial charge in [0.2, 0.25) is 5.91 Å². The molecule has 1 aliphatic heterocycles. The van der Waals surface area contributed by atoms with Crippen molar-refractivity contribution in [1.82, 2.24) is 0 Å². The molecule has 108 valence electrons. The SMILES string of the molecule is CCOC(=O)CC(O)C(O)c1cccc2c1NC(=O)C2. The molecular weight excluding hydrogens is 262 g/mol. The number of fused-ring (bicyclic) bond motifs is 1. The van der Waals surface area contributed by atoms with Gasteiger partial charge in [-0.1, -0.05) is 18.2 Å². The Morgan fingerprint density at radius 1 is 1.45 bits per heavy atom. The first kappa shape index (κ1) is 14.5. The number of amides is 1. The number of ether oxygens (including phenoxy) is 1. The molecule has 0 spiro atoms. The van der Waals surface area contributed by atoms with E-state index in [4.69, 9.17) is 4.74 Å². The molecule has 0 bridgehead atoms. The standard InChI is InChI=1S/C14H17NO5/c1-2-20-12(18)7-10(16)14(19)9-5-3-4-8-6-11(17)15-13(8)9/h3-5,10,14,16,19H,2,6-7H2,1H3,(H,15,17). The van der Waals surface area contributed by atoms with Crippen LogP contribution >= 0.6 is 0 Å². The van der Waals surface area contributed by atoms with Gasteiger partial charge in [-0.05, 0) is 12.5 Å². The van der Waals surface area contributed by atoms with Crippen LogP contribution < -0.4 is 5.32 Å². The van der Waals surface area contributed by atoms with Crippen molar-refractivity contribution in [2.45, 2.75) is 32.0 Å². The number of esters is 1. The lowest BCUT2D eigenvalue weighted by Crippen LogP contribution is -2.23. The quantitative estimate of drug-likeness (QED) is 0.683. The van der Waals surface area contributed by atoms with E-state index < -0.39 is 18.2 Å². The van der Waals surface area contributed by atoms with Crippen molar-refractivity contribution < 1.29 is 24.5 Å². The topological polar surface area (TPSA) is 95.9 Å². The molecule has 20 heavy (non-hydrogen) atoms. The summed E-state index contributed by atoms with van der Waals surface area (Å²) in [4.78, 5) is 22.7. The Labute approximate surface area is 116 Å². The van der Waals surface area contributed by atoms with Crippen LogP contribution in [0.2, 0.25) is 0 Å². The fraction of sp³-hybridized carbons (Fsp3) is 0.429. The third-order valence-corrected chi connectivity index (χ3v) is 3.16. The zero-order valence-corrected chi connectivity index (χ0v) is 11.1. The number of nitrogens with one attached hydrogen (secondary N) is 1. The molecule has 1 heterocycles. The van der Waals surface area contributed by atoms with Crippen molar-refractivity contribution in [2.75, 3.05) is 11.9 Å². The lowest BCUT2D eigenvalue weighted by Gasteiger charge is -2.19. The highest BCUT2D eigenvalue weighted by molar-refractivity contribution is 6.00. The highest BCUT2D eigenvalue weighted by Gasteiger charge is 2.28. The molecule has 0 aliphatic carbocycles. The average molecular weight is 279 g/mol. The van der Waals surface area contributed by atoms with Crippen LogP contribution in [0, 0.1) is 0 Å². The molecular formula is C14H17NO5. The second-order valence-electron chi connectivity index (χ2n) is 4.63. The van der Waals surface area contributed by atoms with E-state index >= 15 is 0 Å². The van der Waals surface area contributed by atoms with Crippen LogP contribution in [0.25, 0.3) is 0 Å². The summed E-state index contributed by atoms with van der Waals surface area (Å²) in [7, 11) is 0. The molecule has 6 nitrogen and oxygen atoms in total. The zero-order valence-electron chi connectivity index (χ0n) is 11.1. The van der Waals surface area contributed by atoms with Crippen molar-refractivity contribution >= 4 is 17.6 Å². The molecule has 0 saturated heterocycles. The van der Waals surface area contributed by atoms with Crippen molar-refractivity contribution in [3.05, 3.63) is 29.3 Å². The van der Waals surface area contributed by atoms with Crippen LogP contribution in [0.5, 0.6) is 0 Å². The number of benzene rings is 1. The Morgan fingerprint density at radius 3 is 2.90 bits per heavy atom. The minimum absolute atomic E-state index is 0.153. The fourth-order valence-electron chi connectivity index (χ4n) is 2.23. The van der Waals surface area contributed by atoms with Crippen molar-refractivity contribution in [3.63, 3.8) is 0 Å². The van der Waals surface area contributed by atoms with E-state index in [1.165, 1.54) is 0 Å². The number of carbonyl (C=O) groups is 2. The highest BCUT2D eigenvalue weighted by Crippen LogP contribution is 2.33. The first-order valence-corrected chi connectivity index (χ1v) is 6.46. The van der Waals surface area contributed by atoms with Crippen LogP contribution in [0.4, 0.5) is 5.69 Å². The van der Waals surface area contributed by atoms with E-state index in [0.717, 1.165) is 5.56 Å². The summed E-state index contributed by atoms with van der Waals surface area (Å²) in [6.45, 7) is 1.89. The smallest absolute Gasteiger partial charge is 0.308 e. The Morgan fingerprint density at radius 2 is 2.20 bits per heavy atom. The summed E-state index contributed by atoms with van der Waals surface area (Å²) in [5, 5.41) is 22.7. The second-order valence-corrected chi connectivity index (χ2v) is 4.63. The third-order valence-electron chi connectivity index (χ3n) is 3.16. The zero-order chi connectivity index (χ0) is 14.7. The molecule has 0 fully saturated rings. The minimum Gasteiger partial charge on any atom is -0.466 e. The minimum atomic E-state index is -1.28. The number of hydrogen-bond acceptors (Lipinski definition) is 5. The summed E-state index contributed by atoms with van der Waals surface area (Å²) in [6, 6.07) is 5.10. The molecule has 0 aromatic heterocycles. The number of hydrogen-bond donors (Lipinski definition) is 3. The molecule has 1 aromatic carbocycles. The second kappa shape index (κ2) is 6.02. The summed E-state index contributed by atoms with van der Waals surface area (Å²) >= 11 is 0. The molecule has 2 atom stereocenters. The first-order chi connectivity index (χ1) is 9.52. The van der Waals surface area contributed by atoms with Gasteiger partial charge >= 0.3 is 5.97 Å². The number of para-hydroxylation sites is 1. The van der Waals surface area contributed by atoms with Crippen LogP contribution in [0.15, 0.2) is 18.2 Å². The number of anilines is 1. The normalized spacial score (nSPS) is 16.2. The van der Waals surface area contributed by atoms with Crippen LogP contribution in [0.3, 0.4) is 0 Å². The lowest BCUT2D eigenvalue weighted by molar-refractivity contribution is -0.147. The largest absolute Gasteiger partial charge is 0.466 e. The van der Waals surface area contributed by atoms with E-state index in [9.17, 15) is 19.8 Å². The maximum Gasteiger partial charge on any atom is 0.308 e. The number of aliphatic hydroxyl groups is 2. The summed E-state index contributed by atoms with van der Waals surface area (Å²) in [5.74, 6) is -0.727. The highest BCUT2D eigenvalue weighted by atomic mass is 16.5. The predicted octanol–water partition coefficient (Wildman–Crippen LogP) is 0.529. The van der Waals surface area contributed by atoms with Crippen LogP contribution in [-0.2, 0) is 20.7 Å². The van der Waals surface area contributed by atoms with E-state index in [1.807, 2.05) is 0 Å². The summed E-state index contributed by atoms with van der Waals surface area (Å²) in [5.41, 5.74) is 1.70. The molecule has 0 saturated carbocycles. The van der Waals surface area contributed by atoms with Gasteiger partial charge in [0.15, 0.2) is 0 Å². The lowest BCUT2D eigenvalue weighted by atomic mass is 9.98. The molecule has 1 aromatic rings. The van der Waals surface area contributed by atoms with E-state index in [-0.39, 0.29) is 25.4 Å². The van der Waals surface area contributed by atoms with Gasteiger partial charge in [0.05, 0.1) is 31.2 Å². The van der Waals surface area contributed by atoms with Crippen LogP contribution in [0.1, 0.15) is 30.6 Å². The Bertz CT molecular complexity index is 528. The Hall–Kier alpha value is -1.92. The molecule has 2 rings (SSSR count). The Kier molecular flexibility index (Phi) is 4.36. The van der Waals surface area contributed by atoms with Gasteiger partial charge in [0, 0.05) is 5.56 Å². The predicted molar refractivity (Wildman–Crippen MR) is 71.0 cm³/mol. The summed E-state index contributed by atoms with van der Waals surface area (Å²) < 4.78 is 4.73. The molecule has 2 unspecified atom stereocenters. The third kappa shape index (κ3) is 2.97. The van der Waals surface area contributed by atoms with E-state index in [1.54, 1.807) is 25.1 Å². The van der Waals surface area contributed by atoms with Gasteiger partial charge in [-0.2, -0.15) is 0 Å². The fourth-order valence-corrected chi connectivity index (χ4v) is 2.23. The molecule has 1 amide bonds. The van der Waals surface area contributed by atoms with Gasteiger partial charge < -0.3 is 20.3 Å². The van der Waals surface area contributed by atoms with Crippen LogP contribution in [-0.4, -0.2) is 34.8 Å². The van der Waals surface area contributed by atoms with Gasteiger partial charge in [-0.15, -0.1) is 0 Å². The van der Waals surface area contributed by atoms with Gasteiger partial charge in [-0.3, -0.25) is 9.59 Å². The number of aliphatic hydroxyl groups excluding tert-OH is 2. The number of carbonyl (C=O) groups excluding carboxylic acids is 2. The molecule has 1 aliphatic rings. The first-order valence-electron chi connectivity index (χ1n) is 6.46. The average Bonchev–Trinajstić information content (AvgIpc) is 2.77. The van der Waals surface area contributed by atoms with Gasteiger partial charge in [-0.25, -0.2) is 0 Å².